The first-order chi connectivity index (χ1) is 14.8. The lowest BCUT2D eigenvalue weighted by Gasteiger charge is -2.35. The van der Waals surface area contributed by atoms with E-state index in [-0.39, 0.29) is 29.2 Å². The topological polar surface area (TPSA) is 106 Å². The highest BCUT2D eigenvalue weighted by Crippen LogP contribution is 2.35. The molecule has 0 unspecified atom stereocenters. The number of ether oxygens (including phenoxy) is 1. The Kier molecular flexibility index (Phi) is 6.47. The maximum Gasteiger partial charge on any atom is 0.244 e. The Morgan fingerprint density at radius 3 is 2.68 bits per heavy atom. The van der Waals surface area contributed by atoms with Gasteiger partial charge in [0.1, 0.15) is 0 Å². The summed E-state index contributed by atoms with van der Waals surface area (Å²) in [5.74, 6) is 0.729. The summed E-state index contributed by atoms with van der Waals surface area (Å²) in [6.07, 6.45) is 1.37. The number of sulfonamides is 1. The summed E-state index contributed by atoms with van der Waals surface area (Å²) in [5.41, 5.74) is 0. The first-order valence-corrected chi connectivity index (χ1v) is 12.8. The molecule has 2 aromatic heterocycles. The van der Waals surface area contributed by atoms with Gasteiger partial charge in [-0.05, 0) is 25.8 Å². The van der Waals surface area contributed by atoms with Crippen molar-refractivity contribution < 1.29 is 22.5 Å². The minimum atomic E-state index is -3.72. The first kappa shape index (κ1) is 22.4. The molecule has 0 radical (unpaired) electrons. The zero-order chi connectivity index (χ0) is 22.2. The largest absolute Gasteiger partial charge is 0.378 e. The van der Waals surface area contributed by atoms with Crippen LogP contribution in [0.4, 0.5) is 0 Å². The van der Waals surface area contributed by atoms with Crippen molar-refractivity contribution in [2.75, 3.05) is 39.4 Å². The predicted octanol–water partition coefficient (Wildman–Crippen LogP) is 2.49. The van der Waals surface area contributed by atoms with E-state index in [2.05, 4.69) is 10.1 Å². The van der Waals surface area contributed by atoms with Crippen LogP contribution in [-0.2, 0) is 19.6 Å². The SMILES string of the molecule is Cc1sc(-c2noc(C(C)C)n2)cc1S(=O)(=O)N1CCC[C@@H](C(=O)N2CCOCC2)C1. The number of carbonyl (C=O) groups is 1. The minimum Gasteiger partial charge on any atom is -0.378 e. The van der Waals surface area contributed by atoms with Crippen molar-refractivity contribution in [3.63, 3.8) is 0 Å². The molecular formula is C20H28N4O5S2. The van der Waals surface area contributed by atoms with Crippen LogP contribution in [0.2, 0.25) is 0 Å². The van der Waals surface area contributed by atoms with Gasteiger partial charge in [-0.25, -0.2) is 8.42 Å². The number of hydrogen-bond donors (Lipinski definition) is 0. The molecule has 0 aliphatic carbocycles. The third kappa shape index (κ3) is 4.55. The maximum absolute atomic E-state index is 13.4. The van der Waals surface area contributed by atoms with Crippen molar-refractivity contribution in [3.8, 4) is 10.7 Å². The molecule has 1 amide bonds. The number of morpholine rings is 1. The summed E-state index contributed by atoms with van der Waals surface area (Å²) in [5, 5.41) is 4.00. The summed E-state index contributed by atoms with van der Waals surface area (Å²) in [6, 6.07) is 1.62. The van der Waals surface area contributed by atoms with Crippen molar-refractivity contribution >= 4 is 27.3 Å². The van der Waals surface area contributed by atoms with Gasteiger partial charge < -0.3 is 14.2 Å². The van der Waals surface area contributed by atoms with E-state index in [4.69, 9.17) is 9.26 Å². The van der Waals surface area contributed by atoms with E-state index >= 15 is 0 Å². The van der Waals surface area contributed by atoms with E-state index in [0.29, 0.717) is 67.2 Å². The highest BCUT2D eigenvalue weighted by molar-refractivity contribution is 7.89. The van der Waals surface area contributed by atoms with Gasteiger partial charge in [-0.15, -0.1) is 11.3 Å². The summed E-state index contributed by atoms with van der Waals surface area (Å²) in [7, 11) is -3.72. The van der Waals surface area contributed by atoms with E-state index < -0.39 is 10.0 Å². The zero-order valence-corrected chi connectivity index (χ0v) is 19.7. The predicted molar refractivity (Wildman–Crippen MR) is 115 cm³/mol. The lowest BCUT2D eigenvalue weighted by Crippen LogP contribution is -2.49. The third-order valence-electron chi connectivity index (χ3n) is 5.70. The molecule has 2 saturated heterocycles. The number of aromatic nitrogens is 2. The molecule has 2 aromatic rings. The van der Waals surface area contributed by atoms with Crippen LogP contribution in [0.25, 0.3) is 10.7 Å². The van der Waals surface area contributed by atoms with Gasteiger partial charge in [-0.1, -0.05) is 19.0 Å². The van der Waals surface area contributed by atoms with Crippen LogP contribution < -0.4 is 0 Å². The van der Waals surface area contributed by atoms with E-state index in [1.165, 1.54) is 15.6 Å². The molecular weight excluding hydrogens is 440 g/mol. The van der Waals surface area contributed by atoms with E-state index in [1.54, 1.807) is 17.9 Å². The Hall–Kier alpha value is -1.82. The number of piperidine rings is 1. The Balaban J connectivity index is 1.53. The van der Waals surface area contributed by atoms with Crippen LogP contribution in [0.3, 0.4) is 0 Å². The number of hydrogen-bond acceptors (Lipinski definition) is 8. The summed E-state index contributed by atoms with van der Waals surface area (Å²) in [4.78, 5) is 20.7. The number of carbonyl (C=O) groups excluding carboxylic acids is 1. The second-order valence-electron chi connectivity index (χ2n) is 8.28. The second kappa shape index (κ2) is 8.97. The molecule has 0 spiro atoms. The van der Waals surface area contributed by atoms with E-state index in [9.17, 15) is 13.2 Å². The molecule has 31 heavy (non-hydrogen) atoms. The van der Waals surface area contributed by atoms with Crippen LogP contribution in [0.5, 0.6) is 0 Å². The lowest BCUT2D eigenvalue weighted by atomic mass is 9.98. The standard InChI is InChI=1S/C20H28N4O5S2/c1-13(2)19-21-18(22-29-19)16-11-17(14(3)30-16)31(26,27)24-6-4-5-15(12-24)20(25)23-7-9-28-10-8-23/h11,13,15H,4-10,12H2,1-3H3/t15-/m1/s1. The third-order valence-corrected chi connectivity index (χ3v) is 8.87. The van der Waals surface area contributed by atoms with Gasteiger partial charge >= 0.3 is 0 Å². The van der Waals surface area contributed by atoms with Crippen molar-refractivity contribution in [1.29, 1.82) is 0 Å². The number of rotatable bonds is 5. The summed E-state index contributed by atoms with van der Waals surface area (Å²) < 4.78 is 38.9. The molecule has 0 N–H and O–H groups in total. The van der Waals surface area contributed by atoms with Gasteiger partial charge in [-0.3, -0.25) is 4.79 Å². The number of nitrogens with zero attached hydrogens (tertiary/aromatic N) is 4. The van der Waals surface area contributed by atoms with Gasteiger partial charge in [0.15, 0.2) is 0 Å². The fraction of sp³-hybridized carbons (Fsp3) is 0.650. The lowest BCUT2D eigenvalue weighted by molar-refractivity contribution is -0.140. The van der Waals surface area contributed by atoms with Gasteiger partial charge in [-0.2, -0.15) is 9.29 Å². The molecule has 4 heterocycles. The Bertz CT molecular complexity index is 1040. The van der Waals surface area contributed by atoms with Crippen molar-refractivity contribution in [1.82, 2.24) is 19.3 Å². The molecule has 0 aromatic carbocycles. The maximum atomic E-state index is 13.4. The monoisotopic (exact) mass is 468 g/mol. The zero-order valence-electron chi connectivity index (χ0n) is 18.0. The second-order valence-corrected chi connectivity index (χ2v) is 11.4. The fourth-order valence-electron chi connectivity index (χ4n) is 3.94. The van der Waals surface area contributed by atoms with Gasteiger partial charge in [0.25, 0.3) is 0 Å². The van der Waals surface area contributed by atoms with E-state index in [1.807, 2.05) is 13.8 Å². The van der Waals surface area contributed by atoms with E-state index in [0.717, 1.165) is 0 Å². The highest BCUT2D eigenvalue weighted by Gasteiger charge is 2.36. The average Bonchev–Trinajstić information content (AvgIpc) is 3.41. The van der Waals surface area contributed by atoms with Crippen LogP contribution in [0.1, 0.15) is 43.4 Å². The Morgan fingerprint density at radius 2 is 2.00 bits per heavy atom. The van der Waals surface area contributed by atoms with Crippen molar-refractivity contribution in [3.05, 3.63) is 16.8 Å². The van der Waals surface area contributed by atoms with Crippen LogP contribution in [0, 0.1) is 12.8 Å². The number of amides is 1. The van der Waals surface area contributed by atoms with Crippen LogP contribution >= 0.6 is 11.3 Å². The van der Waals surface area contributed by atoms with Crippen LogP contribution in [-0.4, -0.2) is 73.1 Å². The molecule has 9 nitrogen and oxygen atoms in total. The smallest absolute Gasteiger partial charge is 0.244 e. The van der Waals surface area contributed by atoms with Gasteiger partial charge in [0, 0.05) is 37.0 Å². The number of thiophene rings is 1. The molecule has 2 aliphatic rings. The van der Waals surface area contributed by atoms with Crippen LogP contribution in [0.15, 0.2) is 15.5 Å². The first-order valence-electron chi connectivity index (χ1n) is 10.6. The number of aryl methyl sites for hydroxylation is 1. The van der Waals surface area contributed by atoms with Crippen molar-refractivity contribution in [2.24, 2.45) is 5.92 Å². The quantitative estimate of drug-likeness (QED) is 0.664. The summed E-state index contributed by atoms with van der Waals surface area (Å²) >= 11 is 1.33. The molecule has 1 atom stereocenters. The normalized spacial score (nSPS) is 21.0. The average molecular weight is 469 g/mol. The Morgan fingerprint density at radius 1 is 1.26 bits per heavy atom. The molecule has 170 valence electrons. The molecule has 2 fully saturated rings. The Labute approximate surface area is 186 Å². The van der Waals surface area contributed by atoms with Gasteiger partial charge in [0.05, 0.1) is 28.9 Å². The molecule has 2 aliphatic heterocycles. The highest BCUT2D eigenvalue weighted by atomic mass is 32.2. The minimum absolute atomic E-state index is 0.0268. The van der Waals surface area contributed by atoms with Crippen molar-refractivity contribution in [2.45, 2.75) is 44.4 Å². The fourth-order valence-corrected chi connectivity index (χ4v) is 6.95. The molecule has 11 heteroatoms. The molecule has 0 saturated carbocycles. The molecule has 0 bridgehead atoms. The summed E-state index contributed by atoms with van der Waals surface area (Å²) in [6.45, 7) is 8.52. The molecule has 4 rings (SSSR count). The van der Waals surface area contributed by atoms with Gasteiger partial charge in [0.2, 0.25) is 27.6 Å².